The highest BCUT2D eigenvalue weighted by Gasteiger charge is 2.34. The van der Waals surface area contributed by atoms with Crippen molar-refractivity contribution in [1.29, 1.82) is 5.41 Å². The van der Waals surface area contributed by atoms with E-state index in [1.807, 2.05) is 111 Å². The van der Waals surface area contributed by atoms with Crippen molar-refractivity contribution >= 4 is 95.8 Å². The Labute approximate surface area is 391 Å². The summed E-state index contributed by atoms with van der Waals surface area (Å²) in [5.41, 5.74) is 4.92. The van der Waals surface area contributed by atoms with Crippen LogP contribution in [-0.4, -0.2) is 120 Å². The van der Waals surface area contributed by atoms with E-state index in [4.69, 9.17) is 59.1 Å². The van der Waals surface area contributed by atoms with E-state index in [1.54, 1.807) is 95.2 Å². The summed E-state index contributed by atoms with van der Waals surface area (Å²) in [6.45, 7) is 9.29. The van der Waals surface area contributed by atoms with Crippen LogP contribution in [0.25, 0.3) is 0 Å². The van der Waals surface area contributed by atoms with Gasteiger partial charge in [-0.3, -0.25) is 14.1 Å². The number of benzene rings is 4. The fourth-order valence-corrected chi connectivity index (χ4v) is 13.6. The van der Waals surface area contributed by atoms with Gasteiger partial charge in [-0.2, -0.15) is 9.63 Å². The molecule has 4 rings (SSSR count). The Morgan fingerprint density at radius 3 is 1.46 bits per heavy atom. The zero-order valence-corrected chi connectivity index (χ0v) is 44.3. The number of nitrogens with one attached hydrogen (secondary N) is 2. The maximum absolute atomic E-state index is 12.4. The number of ether oxygens (including phenoxy) is 1. The first kappa shape index (κ1) is 55.4. The molecule has 3 unspecified atom stereocenters. The molecule has 0 fully saturated rings. The average molecular weight is 1010 g/mol. The van der Waals surface area contributed by atoms with Gasteiger partial charge < -0.3 is 19.3 Å². The lowest BCUT2D eigenvalue weighted by Gasteiger charge is -2.28. The Kier molecular flexibility index (Phi) is 24.9. The summed E-state index contributed by atoms with van der Waals surface area (Å²) in [6.07, 6.45) is 6.50. The molecule has 4 aromatic rings. The lowest BCUT2D eigenvalue weighted by atomic mass is 10.2. The molecule has 63 heavy (non-hydrogen) atoms. The lowest BCUT2D eigenvalue weighted by Crippen LogP contribution is -2.25. The number of hydrogen-bond acceptors (Lipinski definition) is 14. The Hall–Kier alpha value is -3.70. The van der Waals surface area contributed by atoms with Crippen LogP contribution in [0.5, 0.6) is 17.2 Å². The van der Waals surface area contributed by atoms with Gasteiger partial charge in [0.05, 0.1) is 73.2 Å². The standard InChI is InChI=1S/C18H23N5O3P3S3.C15H26N2O2P2.C8H9NO/c1-19-27(30)25-17-9-5-15(6-10-17)14-21-23(3)29(32)26-18-11-7-16(8-12-18)13-20-22(2)28(31)24-4;1-13-7-9-14(10-8-13)11-16-17(2)12-15(20(3,4)18)21(5,6)19;1-10-8-4-2-7(6-9)3-5-8/h5-14H,1-4H3,(H,19,30);7-11,15H,12H2,1-6H3;2-6,9H,1H3/q+3;;/b20-13+,21-14+;16-11+;. The van der Waals surface area contributed by atoms with E-state index in [2.05, 4.69) is 20.4 Å². The summed E-state index contributed by atoms with van der Waals surface area (Å²) in [5.74, 6) is 2.20. The van der Waals surface area contributed by atoms with Crippen molar-refractivity contribution in [2.45, 2.75) is 12.3 Å². The number of hydrazone groups is 3. The van der Waals surface area contributed by atoms with Crippen molar-refractivity contribution in [2.75, 3.05) is 75.6 Å². The Morgan fingerprint density at radius 1 is 0.651 bits per heavy atom. The van der Waals surface area contributed by atoms with Crippen LogP contribution in [0.15, 0.2) is 112 Å². The minimum atomic E-state index is -2.43. The van der Waals surface area contributed by atoms with Gasteiger partial charge in [-0.05, 0) is 129 Å². The van der Waals surface area contributed by atoms with Crippen molar-refractivity contribution in [1.82, 2.24) is 19.7 Å². The molecule has 0 radical (unpaired) electrons. The van der Waals surface area contributed by atoms with Gasteiger partial charge in [0.25, 0.3) is 0 Å². The molecule has 0 spiro atoms. The predicted octanol–water partition coefficient (Wildman–Crippen LogP) is 10.4. The van der Waals surface area contributed by atoms with E-state index in [1.165, 1.54) is 11.8 Å². The molecule has 4 aromatic carbocycles. The van der Waals surface area contributed by atoms with Crippen molar-refractivity contribution < 1.29 is 27.4 Å². The molecule has 0 aromatic heterocycles. The number of rotatable bonds is 20. The molecule has 338 valence electrons. The first-order valence-electron chi connectivity index (χ1n) is 19.0. The molecule has 0 amide bonds. The van der Waals surface area contributed by atoms with Gasteiger partial charge >= 0.3 is 21.2 Å². The summed E-state index contributed by atoms with van der Waals surface area (Å²) in [5, 5.41) is 24.2. The number of methoxy groups -OCH3 is 1. The minimum absolute atomic E-state index is 0.315. The van der Waals surface area contributed by atoms with Gasteiger partial charge in [0, 0.05) is 20.3 Å². The third kappa shape index (κ3) is 22.2. The molecule has 0 saturated heterocycles. The topological polar surface area (TPSA) is 154 Å². The van der Waals surface area contributed by atoms with Crippen LogP contribution in [0.1, 0.15) is 27.8 Å². The van der Waals surface area contributed by atoms with E-state index in [0.29, 0.717) is 18.0 Å². The zero-order valence-electron chi connectivity index (χ0n) is 37.4. The maximum Gasteiger partial charge on any atom is 0.540 e. The van der Waals surface area contributed by atoms with E-state index in [9.17, 15) is 9.13 Å². The van der Waals surface area contributed by atoms with Gasteiger partial charge in [-0.25, -0.2) is 0 Å². The molecule has 0 saturated carbocycles. The Morgan fingerprint density at radius 2 is 1.05 bits per heavy atom. The molecule has 0 aliphatic carbocycles. The molecule has 2 N–H and O–H groups in total. The summed E-state index contributed by atoms with van der Waals surface area (Å²) in [4.78, 5) is 0. The molecular formula is C41H58N8O6P5S3+3. The van der Waals surface area contributed by atoms with Crippen molar-refractivity contribution in [3.8, 4) is 17.2 Å². The molecule has 22 heteroatoms. The van der Waals surface area contributed by atoms with Crippen molar-refractivity contribution in [3.63, 3.8) is 0 Å². The van der Waals surface area contributed by atoms with Crippen LogP contribution >= 0.6 is 35.5 Å². The number of hydrogen-bond donors (Lipinski definition) is 2. The first-order chi connectivity index (χ1) is 29.7. The highest BCUT2D eigenvalue weighted by molar-refractivity contribution is 8.02. The quantitative estimate of drug-likeness (QED) is 0.0491. The Balaban J connectivity index is 0.000000374. The fourth-order valence-electron chi connectivity index (χ4n) is 4.89. The van der Waals surface area contributed by atoms with E-state index >= 15 is 0 Å². The van der Waals surface area contributed by atoms with Gasteiger partial charge in [-0.15, -0.1) is 15.3 Å². The Bertz CT molecular complexity index is 2260. The third-order valence-corrected chi connectivity index (χ3v) is 20.3. The van der Waals surface area contributed by atoms with Crippen LogP contribution in [-0.2, 0) is 49.1 Å². The second-order valence-corrected chi connectivity index (χ2v) is 28.3. The number of nitrogens with zero attached hydrogens (tertiary/aromatic N) is 6. The van der Waals surface area contributed by atoms with Crippen molar-refractivity contribution in [3.05, 3.63) is 125 Å². The van der Waals surface area contributed by atoms with Crippen molar-refractivity contribution in [2.24, 2.45) is 15.3 Å². The van der Waals surface area contributed by atoms with E-state index < -0.39 is 35.5 Å². The average Bonchev–Trinajstić information content (AvgIpc) is 3.26. The van der Waals surface area contributed by atoms with Gasteiger partial charge in [0.1, 0.15) is 5.75 Å². The zero-order chi connectivity index (χ0) is 47.2. The van der Waals surface area contributed by atoms with Crippen LogP contribution in [0.4, 0.5) is 0 Å². The van der Waals surface area contributed by atoms with E-state index in [-0.39, 0.29) is 5.40 Å². The summed E-state index contributed by atoms with van der Waals surface area (Å²) in [6, 6.07) is 30.3. The normalized spacial score (nSPS) is 12.2. The highest BCUT2D eigenvalue weighted by Crippen LogP contribution is 2.61. The molecule has 3 atom stereocenters. The smallest absolute Gasteiger partial charge is 0.497 e. The van der Waals surface area contributed by atoms with Crippen LogP contribution < -0.4 is 18.9 Å². The van der Waals surface area contributed by atoms with Crippen LogP contribution in [0.2, 0.25) is 0 Å². The third-order valence-electron chi connectivity index (χ3n) is 8.32. The second-order valence-electron chi connectivity index (χ2n) is 14.2. The second kappa shape index (κ2) is 28.3. The summed E-state index contributed by atoms with van der Waals surface area (Å²) >= 11 is 15.7. The van der Waals surface area contributed by atoms with Crippen LogP contribution in [0, 0.1) is 12.3 Å². The number of aryl methyl sites for hydroxylation is 1. The molecule has 0 aliphatic rings. The van der Waals surface area contributed by atoms with Gasteiger partial charge in [0.2, 0.25) is 35.4 Å². The SMILES string of the molecule is CN[P+](=S)Oc1ccc(/C=N/N(C)[P+](=S)Oc2ccc(/C=N/N(C)[P+](=S)OC)cc2)cc1.COc1ccc(C=N)cc1.Cc1ccc(/C=N/N(C)CC(P(C)(C)=O)P(C)(C)=O)cc1. The van der Waals surface area contributed by atoms with Gasteiger partial charge in [0.15, 0.2) is 11.5 Å². The van der Waals surface area contributed by atoms with Crippen LogP contribution in [0.3, 0.4) is 0 Å². The molecule has 0 aliphatic heterocycles. The van der Waals surface area contributed by atoms with E-state index in [0.717, 1.165) is 28.0 Å². The molecular weight excluding hydrogens is 952 g/mol. The monoisotopic (exact) mass is 1010 g/mol. The largest absolute Gasteiger partial charge is 0.540 e. The molecule has 0 bridgehead atoms. The summed E-state index contributed by atoms with van der Waals surface area (Å²) < 4.78 is 49.4. The minimum Gasteiger partial charge on any atom is -0.497 e. The fraction of sp³-hybridized carbons (Fsp3) is 0.317. The maximum atomic E-state index is 12.4. The first-order valence-corrected chi connectivity index (χ1v) is 31.1. The highest BCUT2D eigenvalue weighted by atomic mass is 32.4. The molecule has 14 nitrogen and oxygen atoms in total. The predicted molar refractivity (Wildman–Crippen MR) is 279 cm³/mol. The molecule has 0 heterocycles. The van der Waals surface area contributed by atoms with Gasteiger partial charge in [-0.1, -0.05) is 39.4 Å². The summed E-state index contributed by atoms with van der Waals surface area (Å²) in [7, 11) is 1.90. The lowest BCUT2D eigenvalue weighted by molar-refractivity contribution is 0.367.